The van der Waals surface area contributed by atoms with Gasteiger partial charge in [0, 0.05) is 53.0 Å². The molecule has 2 N–H and O–H groups in total. The number of carbonyl (C=O) groups is 1. The quantitative estimate of drug-likeness (QED) is 0.613. The second-order valence-corrected chi connectivity index (χ2v) is 6.55. The van der Waals surface area contributed by atoms with Crippen molar-refractivity contribution in [2.24, 2.45) is 10.9 Å². The smallest absolute Gasteiger partial charge is 0.221 e. The summed E-state index contributed by atoms with van der Waals surface area (Å²) in [7, 11) is 3.88. The molecule has 0 spiro atoms. The molecule has 0 radical (unpaired) electrons. The van der Waals surface area contributed by atoms with E-state index in [1.54, 1.807) is 7.05 Å². The van der Waals surface area contributed by atoms with Crippen LogP contribution in [0.4, 0.5) is 5.69 Å². The van der Waals surface area contributed by atoms with Gasteiger partial charge in [0.1, 0.15) is 0 Å². The molecule has 0 saturated carbocycles. The van der Waals surface area contributed by atoms with Crippen molar-refractivity contribution in [3.63, 3.8) is 0 Å². The Morgan fingerprint density at radius 1 is 1.36 bits per heavy atom. The maximum Gasteiger partial charge on any atom is 0.221 e. The third kappa shape index (κ3) is 6.74. The van der Waals surface area contributed by atoms with Gasteiger partial charge in [-0.25, -0.2) is 0 Å². The van der Waals surface area contributed by atoms with Gasteiger partial charge in [-0.15, -0.1) is 0 Å². The molecule has 25 heavy (non-hydrogen) atoms. The molecule has 1 saturated heterocycles. The average Bonchev–Trinajstić information content (AvgIpc) is 2.61. The van der Waals surface area contributed by atoms with Crippen molar-refractivity contribution in [2.45, 2.75) is 32.7 Å². The molecule has 1 aromatic carbocycles. The van der Waals surface area contributed by atoms with E-state index in [4.69, 9.17) is 4.74 Å². The number of nitrogens with one attached hydrogen (secondary N) is 2. The van der Waals surface area contributed by atoms with Gasteiger partial charge in [-0.2, -0.15) is 0 Å². The lowest BCUT2D eigenvalue weighted by atomic mass is 9.96. The number of hydrogen-bond acceptors (Lipinski definition) is 3. The zero-order chi connectivity index (χ0) is 18.1. The molecule has 2 rings (SSSR count). The standard InChI is InChI=1S/C19H30N4O2/c1-15(24)22-18-6-4-5-17(13-18)14-21-19(20-2)23(3)10-7-16-8-11-25-12-9-16/h4-6,13,16H,7-12,14H2,1-3H3,(H,20,21)(H,22,24). The first-order valence-electron chi connectivity index (χ1n) is 8.94. The van der Waals surface area contributed by atoms with Crippen LogP contribution in [0.2, 0.25) is 0 Å². The first-order chi connectivity index (χ1) is 12.1. The van der Waals surface area contributed by atoms with Crippen LogP contribution < -0.4 is 10.6 Å². The minimum Gasteiger partial charge on any atom is -0.381 e. The molecule has 1 fully saturated rings. The van der Waals surface area contributed by atoms with Crippen LogP contribution >= 0.6 is 0 Å². The Morgan fingerprint density at radius 2 is 2.12 bits per heavy atom. The van der Waals surface area contributed by atoms with Crippen molar-refractivity contribution in [3.05, 3.63) is 29.8 Å². The monoisotopic (exact) mass is 346 g/mol. The molecule has 0 unspecified atom stereocenters. The lowest BCUT2D eigenvalue weighted by molar-refractivity contribution is -0.114. The lowest BCUT2D eigenvalue weighted by Gasteiger charge is -2.27. The summed E-state index contributed by atoms with van der Waals surface area (Å²) in [4.78, 5) is 17.7. The summed E-state index contributed by atoms with van der Waals surface area (Å²) in [6.45, 7) is 4.95. The Bertz CT molecular complexity index is 583. The van der Waals surface area contributed by atoms with E-state index in [9.17, 15) is 4.79 Å². The second-order valence-electron chi connectivity index (χ2n) is 6.55. The Kier molecular flexibility index (Phi) is 7.73. The van der Waals surface area contributed by atoms with Crippen molar-refractivity contribution in [3.8, 4) is 0 Å². The predicted molar refractivity (Wildman–Crippen MR) is 102 cm³/mol. The third-order valence-corrected chi connectivity index (χ3v) is 4.48. The zero-order valence-electron chi connectivity index (χ0n) is 15.5. The zero-order valence-corrected chi connectivity index (χ0v) is 15.5. The molecule has 1 aliphatic rings. The van der Waals surface area contributed by atoms with Gasteiger partial charge < -0.3 is 20.3 Å². The lowest BCUT2D eigenvalue weighted by Crippen LogP contribution is -2.39. The second kappa shape index (κ2) is 10.0. The highest BCUT2D eigenvalue weighted by Crippen LogP contribution is 2.18. The van der Waals surface area contributed by atoms with Crippen molar-refractivity contribution in [1.29, 1.82) is 0 Å². The van der Waals surface area contributed by atoms with Gasteiger partial charge >= 0.3 is 0 Å². The summed E-state index contributed by atoms with van der Waals surface area (Å²) in [5.41, 5.74) is 1.92. The van der Waals surface area contributed by atoms with E-state index in [1.807, 2.05) is 24.3 Å². The number of rotatable bonds is 6. The van der Waals surface area contributed by atoms with Gasteiger partial charge in [-0.3, -0.25) is 9.79 Å². The SMILES string of the molecule is CN=C(NCc1cccc(NC(C)=O)c1)N(C)CCC1CCOCC1. The summed E-state index contributed by atoms with van der Waals surface area (Å²) in [5.74, 6) is 1.58. The van der Waals surface area contributed by atoms with Gasteiger partial charge in [0.25, 0.3) is 0 Å². The largest absolute Gasteiger partial charge is 0.381 e. The van der Waals surface area contributed by atoms with Crippen LogP contribution in [0.25, 0.3) is 0 Å². The molecular formula is C19H30N4O2. The summed E-state index contributed by atoms with van der Waals surface area (Å²) < 4.78 is 5.42. The van der Waals surface area contributed by atoms with Crippen LogP contribution in [0.1, 0.15) is 31.7 Å². The minimum absolute atomic E-state index is 0.0613. The molecule has 6 nitrogen and oxygen atoms in total. The van der Waals surface area contributed by atoms with Gasteiger partial charge in [0.2, 0.25) is 5.91 Å². The molecule has 0 atom stereocenters. The summed E-state index contributed by atoms with van der Waals surface area (Å²) in [5, 5.41) is 6.20. The van der Waals surface area contributed by atoms with Crippen molar-refractivity contribution < 1.29 is 9.53 Å². The number of hydrogen-bond donors (Lipinski definition) is 2. The van der Waals surface area contributed by atoms with E-state index < -0.39 is 0 Å². The average molecular weight is 346 g/mol. The van der Waals surface area contributed by atoms with Crippen molar-refractivity contribution in [1.82, 2.24) is 10.2 Å². The molecule has 1 aliphatic heterocycles. The highest BCUT2D eigenvalue weighted by molar-refractivity contribution is 5.88. The van der Waals surface area contributed by atoms with Crippen LogP contribution in [0.15, 0.2) is 29.3 Å². The fourth-order valence-corrected chi connectivity index (χ4v) is 3.05. The van der Waals surface area contributed by atoms with Gasteiger partial charge in [-0.05, 0) is 42.9 Å². The summed E-state index contributed by atoms with van der Waals surface area (Å²) in [6.07, 6.45) is 3.49. The molecule has 138 valence electrons. The fraction of sp³-hybridized carbons (Fsp3) is 0.579. The van der Waals surface area contributed by atoms with Crippen LogP contribution in [-0.4, -0.2) is 50.6 Å². The number of amides is 1. The highest BCUT2D eigenvalue weighted by Gasteiger charge is 2.15. The molecule has 1 heterocycles. The van der Waals surface area contributed by atoms with Gasteiger partial charge in [-0.1, -0.05) is 12.1 Å². The van der Waals surface area contributed by atoms with Crippen molar-refractivity contribution in [2.75, 3.05) is 39.2 Å². The number of nitrogens with zero attached hydrogens (tertiary/aromatic N) is 2. The Hall–Kier alpha value is -2.08. The molecule has 1 amide bonds. The highest BCUT2D eigenvalue weighted by atomic mass is 16.5. The Labute approximate surface area is 150 Å². The molecule has 0 aromatic heterocycles. The molecular weight excluding hydrogens is 316 g/mol. The van der Waals surface area contributed by atoms with Crippen LogP contribution in [-0.2, 0) is 16.1 Å². The third-order valence-electron chi connectivity index (χ3n) is 4.48. The maximum absolute atomic E-state index is 11.2. The van der Waals surface area contributed by atoms with E-state index in [0.29, 0.717) is 6.54 Å². The molecule has 6 heteroatoms. The first-order valence-corrected chi connectivity index (χ1v) is 8.94. The summed E-state index contributed by atoms with van der Waals surface area (Å²) >= 11 is 0. The minimum atomic E-state index is -0.0613. The number of benzene rings is 1. The number of carbonyl (C=O) groups excluding carboxylic acids is 1. The summed E-state index contributed by atoms with van der Waals surface area (Å²) in [6, 6.07) is 7.84. The predicted octanol–water partition coefficient (Wildman–Crippen LogP) is 2.47. The van der Waals surface area contributed by atoms with Crippen LogP contribution in [0, 0.1) is 5.92 Å². The Morgan fingerprint density at radius 3 is 2.80 bits per heavy atom. The van der Waals surface area contributed by atoms with E-state index in [0.717, 1.165) is 55.7 Å². The molecule has 0 bridgehead atoms. The topological polar surface area (TPSA) is 66.0 Å². The van der Waals surface area contributed by atoms with E-state index >= 15 is 0 Å². The number of aliphatic imine (C=N–C) groups is 1. The molecule has 0 aliphatic carbocycles. The first kappa shape index (κ1) is 19.2. The van der Waals surface area contributed by atoms with E-state index in [-0.39, 0.29) is 5.91 Å². The van der Waals surface area contributed by atoms with Crippen LogP contribution in [0.5, 0.6) is 0 Å². The van der Waals surface area contributed by atoms with E-state index in [2.05, 4.69) is 27.6 Å². The van der Waals surface area contributed by atoms with Crippen molar-refractivity contribution >= 4 is 17.6 Å². The maximum atomic E-state index is 11.2. The van der Waals surface area contributed by atoms with Crippen LogP contribution in [0.3, 0.4) is 0 Å². The number of ether oxygens (including phenoxy) is 1. The Balaban J connectivity index is 1.81. The fourth-order valence-electron chi connectivity index (χ4n) is 3.05. The molecule has 1 aromatic rings. The number of anilines is 1. The van der Waals surface area contributed by atoms with Gasteiger partial charge in [0.05, 0.1) is 0 Å². The van der Waals surface area contributed by atoms with Gasteiger partial charge in [0.15, 0.2) is 5.96 Å². The number of guanidine groups is 1. The van der Waals surface area contributed by atoms with E-state index in [1.165, 1.54) is 13.3 Å². The normalized spacial score (nSPS) is 15.7.